The van der Waals surface area contributed by atoms with Gasteiger partial charge in [0.15, 0.2) is 0 Å². The average molecular weight is 299 g/mol. The molecule has 112 valence electrons. The second-order valence-electron chi connectivity index (χ2n) is 4.71. The summed E-state index contributed by atoms with van der Waals surface area (Å²) in [5, 5.41) is 0.259. The summed E-state index contributed by atoms with van der Waals surface area (Å²) in [4.78, 5) is 18.4. The fraction of sp³-hybridized carbons (Fsp3) is 0.571. The maximum absolute atomic E-state index is 12.5. The Balaban J connectivity index is 2.89. The lowest BCUT2D eigenvalue weighted by Gasteiger charge is -2.22. The van der Waals surface area contributed by atoms with Crippen LogP contribution in [0.5, 0.6) is 0 Å². The van der Waals surface area contributed by atoms with Crippen molar-refractivity contribution in [3.8, 4) is 0 Å². The minimum Gasteiger partial charge on any atom is -0.339 e. The van der Waals surface area contributed by atoms with E-state index in [9.17, 15) is 4.79 Å². The molecule has 0 unspecified atom stereocenters. The number of hydrogen-bond acceptors (Lipinski definition) is 4. The van der Waals surface area contributed by atoms with Gasteiger partial charge in [-0.25, -0.2) is 10.8 Å². The molecule has 0 aliphatic carbocycles. The Bertz CT molecular complexity index is 431. The number of anilines is 1. The normalized spacial score (nSPS) is 10.4. The second kappa shape index (κ2) is 8.76. The molecule has 0 bridgehead atoms. The van der Waals surface area contributed by atoms with E-state index in [2.05, 4.69) is 24.3 Å². The lowest BCUT2D eigenvalue weighted by atomic mass is 10.2. The number of halogens is 1. The molecule has 0 aliphatic heterocycles. The van der Waals surface area contributed by atoms with Crippen LogP contribution in [-0.2, 0) is 0 Å². The quantitative estimate of drug-likeness (QED) is 0.439. The third-order valence-corrected chi connectivity index (χ3v) is 3.23. The van der Waals surface area contributed by atoms with Gasteiger partial charge in [-0.1, -0.05) is 38.3 Å². The van der Waals surface area contributed by atoms with Gasteiger partial charge in [0, 0.05) is 18.7 Å². The number of amides is 1. The van der Waals surface area contributed by atoms with Crippen LogP contribution in [0.1, 0.15) is 49.9 Å². The molecule has 1 amide bonds. The van der Waals surface area contributed by atoms with Gasteiger partial charge < -0.3 is 10.3 Å². The van der Waals surface area contributed by atoms with E-state index in [1.807, 2.05) is 4.90 Å². The minimum absolute atomic E-state index is 0.0206. The highest BCUT2D eigenvalue weighted by atomic mass is 35.5. The van der Waals surface area contributed by atoms with Crippen molar-refractivity contribution in [2.45, 2.75) is 39.5 Å². The number of hydrazine groups is 1. The number of carbonyl (C=O) groups excluding carboxylic acids is 1. The van der Waals surface area contributed by atoms with Gasteiger partial charge in [0.05, 0.1) is 0 Å². The summed E-state index contributed by atoms with van der Waals surface area (Å²) in [6.45, 7) is 5.76. The van der Waals surface area contributed by atoms with Crippen LogP contribution in [0.3, 0.4) is 0 Å². The average Bonchev–Trinajstić information content (AvgIpc) is 2.46. The third-order valence-electron chi connectivity index (χ3n) is 3.04. The van der Waals surface area contributed by atoms with E-state index in [0.717, 1.165) is 38.8 Å². The van der Waals surface area contributed by atoms with Crippen LogP contribution in [0.15, 0.2) is 12.1 Å². The Hall–Kier alpha value is -1.33. The van der Waals surface area contributed by atoms with Crippen molar-refractivity contribution in [3.63, 3.8) is 0 Å². The first kappa shape index (κ1) is 16.7. The van der Waals surface area contributed by atoms with Crippen LogP contribution in [-0.4, -0.2) is 28.9 Å². The predicted molar refractivity (Wildman–Crippen MR) is 82.8 cm³/mol. The molecular formula is C14H23ClN4O. The number of nitrogen functional groups attached to an aromatic ring is 1. The molecular weight excluding hydrogens is 276 g/mol. The Morgan fingerprint density at radius 3 is 2.40 bits per heavy atom. The zero-order chi connectivity index (χ0) is 15.0. The maximum atomic E-state index is 12.5. The van der Waals surface area contributed by atoms with Crippen LogP contribution < -0.4 is 11.3 Å². The molecule has 0 aliphatic rings. The predicted octanol–water partition coefficient (Wildman–Crippen LogP) is 3.06. The number of carbonyl (C=O) groups is 1. The first-order valence-corrected chi connectivity index (χ1v) is 7.43. The van der Waals surface area contributed by atoms with Gasteiger partial charge in [0.1, 0.15) is 11.0 Å². The molecule has 0 saturated heterocycles. The van der Waals surface area contributed by atoms with Crippen molar-refractivity contribution in [1.82, 2.24) is 9.88 Å². The SMILES string of the molecule is CCCCN(CCCC)C(=O)c1cc(Cl)nc(NN)c1. The van der Waals surface area contributed by atoms with E-state index < -0.39 is 0 Å². The van der Waals surface area contributed by atoms with Crippen molar-refractivity contribution in [1.29, 1.82) is 0 Å². The molecule has 0 radical (unpaired) electrons. The minimum atomic E-state index is -0.0206. The van der Waals surface area contributed by atoms with Crippen molar-refractivity contribution >= 4 is 23.3 Å². The summed E-state index contributed by atoms with van der Waals surface area (Å²) < 4.78 is 0. The molecule has 1 heterocycles. The van der Waals surface area contributed by atoms with Gasteiger partial charge in [-0.2, -0.15) is 0 Å². The topological polar surface area (TPSA) is 71.2 Å². The van der Waals surface area contributed by atoms with Crippen molar-refractivity contribution in [2.75, 3.05) is 18.5 Å². The Kier molecular flexibility index (Phi) is 7.33. The molecule has 0 fully saturated rings. The molecule has 20 heavy (non-hydrogen) atoms. The summed E-state index contributed by atoms with van der Waals surface area (Å²) >= 11 is 5.91. The summed E-state index contributed by atoms with van der Waals surface area (Å²) in [5.41, 5.74) is 2.94. The fourth-order valence-electron chi connectivity index (χ4n) is 1.89. The first-order chi connectivity index (χ1) is 9.62. The highest BCUT2D eigenvalue weighted by Gasteiger charge is 2.16. The summed E-state index contributed by atoms with van der Waals surface area (Å²) in [6, 6.07) is 3.20. The number of nitrogens with two attached hydrogens (primary N) is 1. The van der Waals surface area contributed by atoms with Gasteiger partial charge >= 0.3 is 0 Å². The number of pyridine rings is 1. The molecule has 1 rings (SSSR count). The number of aromatic nitrogens is 1. The molecule has 0 spiro atoms. The Morgan fingerprint density at radius 1 is 1.30 bits per heavy atom. The Morgan fingerprint density at radius 2 is 1.90 bits per heavy atom. The van der Waals surface area contributed by atoms with Gasteiger partial charge in [0.25, 0.3) is 5.91 Å². The van der Waals surface area contributed by atoms with E-state index in [0.29, 0.717) is 11.4 Å². The molecule has 1 aromatic rings. The number of unbranched alkanes of at least 4 members (excludes halogenated alkanes) is 2. The van der Waals surface area contributed by atoms with E-state index >= 15 is 0 Å². The largest absolute Gasteiger partial charge is 0.339 e. The molecule has 6 heteroatoms. The van der Waals surface area contributed by atoms with E-state index in [4.69, 9.17) is 17.4 Å². The van der Waals surface area contributed by atoms with E-state index in [1.165, 1.54) is 0 Å². The standard InChI is InChI=1S/C14H23ClN4O/c1-3-5-7-19(8-6-4-2)14(20)11-9-12(15)17-13(10-11)18-16/h9-10H,3-8,16H2,1-2H3,(H,17,18). The number of hydrogen-bond donors (Lipinski definition) is 2. The van der Waals surface area contributed by atoms with Gasteiger partial charge in [-0.05, 0) is 25.0 Å². The highest BCUT2D eigenvalue weighted by molar-refractivity contribution is 6.29. The van der Waals surface area contributed by atoms with Crippen molar-refractivity contribution in [2.24, 2.45) is 5.84 Å². The number of nitrogens with one attached hydrogen (secondary N) is 1. The fourth-order valence-corrected chi connectivity index (χ4v) is 2.10. The van der Waals surface area contributed by atoms with Crippen LogP contribution in [0.4, 0.5) is 5.82 Å². The number of nitrogens with zero attached hydrogens (tertiary/aromatic N) is 2. The second-order valence-corrected chi connectivity index (χ2v) is 5.09. The van der Waals surface area contributed by atoms with Gasteiger partial charge in [-0.3, -0.25) is 4.79 Å². The number of rotatable bonds is 8. The summed E-state index contributed by atoms with van der Waals surface area (Å²) in [5.74, 6) is 5.70. The molecule has 3 N–H and O–H groups in total. The monoisotopic (exact) mass is 298 g/mol. The lowest BCUT2D eigenvalue weighted by molar-refractivity contribution is 0.0751. The Labute approximate surface area is 125 Å². The van der Waals surface area contributed by atoms with Crippen LogP contribution >= 0.6 is 11.6 Å². The van der Waals surface area contributed by atoms with Crippen LogP contribution in [0.25, 0.3) is 0 Å². The van der Waals surface area contributed by atoms with Crippen molar-refractivity contribution in [3.05, 3.63) is 22.8 Å². The zero-order valence-electron chi connectivity index (χ0n) is 12.2. The molecule has 5 nitrogen and oxygen atoms in total. The molecule has 0 atom stereocenters. The smallest absolute Gasteiger partial charge is 0.254 e. The highest BCUT2D eigenvalue weighted by Crippen LogP contribution is 2.16. The summed E-state index contributed by atoms with van der Waals surface area (Å²) in [6.07, 6.45) is 4.11. The first-order valence-electron chi connectivity index (χ1n) is 7.05. The van der Waals surface area contributed by atoms with E-state index in [-0.39, 0.29) is 11.1 Å². The van der Waals surface area contributed by atoms with Crippen LogP contribution in [0.2, 0.25) is 5.15 Å². The summed E-state index contributed by atoms with van der Waals surface area (Å²) in [7, 11) is 0. The van der Waals surface area contributed by atoms with Crippen molar-refractivity contribution < 1.29 is 4.79 Å². The van der Waals surface area contributed by atoms with Gasteiger partial charge in [-0.15, -0.1) is 0 Å². The third kappa shape index (κ3) is 4.98. The van der Waals surface area contributed by atoms with E-state index in [1.54, 1.807) is 12.1 Å². The van der Waals surface area contributed by atoms with Gasteiger partial charge in [0.2, 0.25) is 0 Å². The molecule has 1 aromatic heterocycles. The lowest BCUT2D eigenvalue weighted by Crippen LogP contribution is -2.33. The molecule has 0 aromatic carbocycles. The zero-order valence-corrected chi connectivity index (χ0v) is 12.9. The van der Waals surface area contributed by atoms with Crippen LogP contribution in [0, 0.1) is 0 Å². The maximum Gasteiger partial charge on any atom is 0.254 e. The molecule has 0 saturated carbocycles.